The number of pyridine rings is 1. The molecule has 7 nitrogen and oxygen atoms in total. The van der Waals surface area contributed by atoms with Gasteiger partial charge in [-0.1, -0.05) is 59.8 Å². The number of benzene rings is 3. The number of piperidine rings is 1. The molecule has 0 bridgehead atoms. The van der Waals surface area contributed by atoms with E-state index in [9.17, 15) is 4.79 Å². The van der Waals surface area contributed by atoms with E-state index in [1.807, 2.05) is 30.3 Å². The zero-order valence-electron chi connectivity index (χ0n) is 21.7. The van der Waals surface area contributed by atoms with E-state index in [4.69, 9.17) is 0 Å². The summed E-state index contributed by atoms with van der Waals surface area (Å²) in [5, 5.41) is 13.2. The van der Waals surface area contributed by atoms with E-state index < -0.39 is 11.7 Å². The number of amides is 1. The topological polar surface area (TPSA) is 75.9 Å². The number of nitrogens with zero attached hydrogens (tertiary/aromatic N) is 5. The van der Waals surface area contributed by atoms with Gasteiger partial charge in [0.25, 0.3) is 5.91 Å². The molecule has 0 saturated carbocycles. The predicted octanol–water partition coefficient (Wildman–Crippen LogP) is 5.16. The van der Waals surface area contributed by atoms with Crippen LogP contribution in [0.5, 0.6) is 0 Å². The maximum Gasteiger partial charge on any atom is 0.262 e. The molecule has 0 unspecified atom stereocenters. The first-order valence-corrected chi connectivity index (χ1v) is 13.2. The van der Waals surface area contributed by atoms with E-state index in [-0.39, 0.29) is 11.6 Å². The van der Waals surface area contributed by atoms with Crippen LogP contribution in [-0.2, 0) is 13.5 Å². The number of rotatable bonds is 6. The molecule has 0 radical (unpaired) electrons. The second kappa shape index (κ2) is 10.7. The van der Waals surface area contributed by atoms with Crippen molar-refractivity contribution in [2.45, 2.75) is 25.3 Å². The Bertz CT molecular complexity index is 1630. The summed E-state index contributed by atoms with van der Waals surface area (Å²) in [6.45, 7) is 1.51. The van der Waals surface area contributed by atoms with Gasteiger partial charge in [-0.15, -0.1) is 5.10 Å². The first-order chi connectivity index (χ1) is 19.1. The van der Waals surface area contributed by atoms with Crippen LogP contribution in [0.3, 0.4) is 0 Å². The summed E-state index contributed by atoms with van der Waals surface area (Å²) in [4.78, 5) is 20.4. The quantitative estimate of drug-likeness (QED) is 0.335. The van der Waals surface area contributed by atoms with E-state index >= 15 is 4.39 Å². The van der Waals surface area contributed by atoms with Gasteiger partial charge in [0.1, 0.15) is 17.3 Å². The Kier molecular flexibility index (Phi) is 6.85. The summed E-state index contributed by atoms with van der Waals surface area (Å²) < 4.78 is 17.0. The molecule has 0 spiro atoms. The maximum absolute atomic E-state index is 15.5. The zero-order chi connectivity index (χ0) is 26.8. The van der Waals surface area contributed by atoms with Gasteiger partial charge in [0.2, 0.25) is 0 Å². The van der Waals surface area contributed by atoms with E-state index in [1.54, 1.807) is 35.1 Å². The van der Waals surface area contributed by atoms with Crippen LogP contribution in [-0.4, -0.2) is 45.0 Å². The Morgan fingerprint density at radius 1 is 1.08 bits per heavy atom. The molecule has 1 atom stereocenters. The van der Waals surface area contributed by atoms with Crippen LogP contribution in [0.2, 0.25) is 0 Å². The summed E-state index contributed by atoms with van der Waals surface area (Å²) >= 11 is 0. The number of aryl methyl sites for hydroxylation is 1. The van der Waals surface area contributed by atoms with Crippen molar-refractivity contribution in [2.75, 3.05) is 18.0 Å². The smallest absolute Gasteiger partial charge is 0.262 e. The Morgan fingerprint density at radius 3 is 2.69 bits per heavy atom. The van der Waals surface area contributed by atoms with Gasteiger partial charge in [-0.3, -0.25) is 14.4 Å². The van der Waals surface area contributed by atoms with Crippen molar-refractivity contribution in [2.24, 2.45) is 7.05 Å². The molecule has 39 heavy (non-hydrogen) atoms. The second-order valence-electron chi connectivity index (χ2n) is 10.00. The molecule has 1 aliphatic heterocycles. The Morgan fingerprint density at radius 2 is 1.95 bits per heavy atom. The monoisotopic (exact) mass is 520 g/mol. The van der Waals surface area contributed by atoms with Gasteiger partial charge >= 0.3 is 0 Å². The number of carbonyl (C=O) groups excluding carboxylic acids is 1. The molecular formula is C31H29FN6O. The van der Waals surface area contributed by atoms with Gasteiger partial charge in [-0.2, -0.15) is 0 Å². The van der Waals surface area contributed by atoms with Crippen molar-refractivity contribution < 1.29 is 9.18 Å². The standard InChI is InChI=1S/C31H29FN6O/c1-37-20-29(35-36-37)24-10-12-27(28(32)18-24)31(39)38(25-8-5-14-33-19-25)30-26-11-9-22(17-23(26)13-15-34-30)16-21-6-3-2-4-7-21/h2-4,6-7,9-13,15,17-18,20,25,33H,5,8,14,16,19H2,1H3/t25-/m1/s1. The van der Waals surface area contributed by atoms with Gasteiger partial charge in [0.05, 0.1) is 17.8 Å². The molecule has 1 fully saturated rings. The normalized spacial score (nSPS) is 15.4. The van der Waals surface area contributed by atoms with Crippen LogP contribution in [0.4, 0.5) is 10.2 Å². The fraction of sp³-hybridized carbons (Fsp3) is 0.226. The highest BCUT2D eigenvalue weighted by atomic mass is 19.1. The van der Waals surface area contributed by atoms with Crippen molar-refractivity contribution in [3.63, 3.8) is 0 Å². The molecule has 1 saturated heterocycles. The third-order valence-corrected chi connectivity index (χ3v) is 7.24. The lowest BCUT2D eigenvalue weighted by Crippen LogP contribution is -2.49. The van der Waals surface area contributed by atoms with Crippen LogP contribution in [0.25, 0.3) is 22.0 Å². The van der Waals surface area contributed by atoms with Crippen molar-refractivity contribution >= 4 is 22.5 Å². The molecule has 0 aliphatic carbocycles. The number of aromatic nitrogens is 4. The van der Waals surface area contributed by atoms with E-state index in [1.165, 1.54) is 23.3 Å². The van der Waals surface area contributed by atoms with Crippen molar-refractivity contribution in [1.82, 2.24) is 25.3 Å². The minimum Gasteiger partial charge on any atom is -0.315 e. The van der Waals surface area contributed by atoms with Gasteiger partial charge in [-0.25, -0.2) is 9.37 Å². The van der Waals surface area contributed by atoms with Crippen LogP contribution in [0.15, 0.2) is 85.2 Å². The lowest BCUT2D eigenvalue weighted by atomic mass is 9.99. The third kappa shape index (κ3) is 5.15. The average Bonchev–Trinajstić information content (AvgIpc) is 3.40. The maximum atomic E-state index is 15.5. The lowest BCUT2D eigenvalue weighted by molar-refractivity contribution is 0.0968. The Balaban J connectivity index is 1.38. The first-order valence-electron chi connectivity index (χ1n) is 13.2. The first kappa shape index (κ1) is 24.9. The molecular weight excluding hydrogens is 491 g/mol. The van der Waals surface area contributed by atoms with Crippen LogP contribution < -0.4 is 10.2 Å². The SMILES string of the molecule is Cn1cc(-c2ccc(C(=O)N(c3nccc4cc(Cc5ccccc5)ccc34)[C@@H]3CCCNC3)c(F)c2)nn1. The van der Waals surface area contributed by atoms with Crippen LogP contribution in [0, 0.1) is 5.82 Å². The van der Waals surface area contributed by atoms with Crippen LogP contribution >= 0.6 is 0 Å². The highest BCUT2D eigenvalue weighted by Crippen LogP contribution is 2.31. The molecule has 6 rings (SSSR count). The molecule has 196 valence electrons. The highest BCUT2D eigenvalue weighted by Gasteiger charge is 2.31. The number of halogens is 1. The number of nitrogens with one attached hydrogen (secondary N) is 1. The number of hydrogen-bond donors (Lipinski definition) is 1. The molecule has 1 aliphatic rings. The summed E-state index contributed by atoms with van der Waals surface area (Å²) in [5.41, 5.74) is 3.53. The molecule has 8 heteroatoms. The second-order valence-corrected chi connectivity index (χ2v) is 10.00. The predicted molar refractivity (Wildman–Crippen MR) is 150 cm³/mol. The van der Waals surface area contributed by atoms with Crippen LogP contribution in [0.1, 0.15) is 34.3 Å². The molecule has 2 aromatic heterocycles. The van der Waals surface area contributed by atoms with Crippen molar-refractivity contribution in [3.05, 3.63) is 108 Å². The molecule has 1 amide bonds. The minimum absolute atomic E-state index is 0.00714. The lowest BCUT2D eigenvalue weighted by Gasteiger charge is -2.34. The highest BCUT2D eigenvalue weighted by molar-refractivity contribution is 6.10. The summed E-state index contributed by atoms with van der Waals surface area (Å²) in [6, 6.07) is 23.0. The Labute approximate surface area is 226 Å². The average molecular weight is 521 g/mol. The summed E-state index contributed by atoms with van der Waals surface area (Å²) in [7, 11) is 1.75. The summed E-state index contributed by atoms with van der Waals surface area (Å²) in [6.07, 6.45) is 5.99. The molecule has 3 heterocycles. The third-order valence-electron chi connectivity index (χ3n) is 7.24. The van der Waals surface area contributed by atoms with Gasteiger partial charge in [0, 0.05) is 30.7 Å². The zero-order valence-corrected chi connectivity index (χ0v) is 21.7. The fourth-order valence-electron chi connectivity index (χ4n) is 5.29. The Hall–Kier alpha value is -4.43. The minimum atomic E-state index is -0.595. The van der Waals surface area contributed by atoms with Crippen molar-refractivity contribution in [1.29, 1.82) is 0 Å². The van der Waals surface area contributed by atoms with E-state index in [0.717, 1.165) is 36.6 Å². The summed E-state index contributed by atoms with van der Waals surface area (Å²) in [5.74, 6) is -0.447. The van der Waals surface area contributed by atoms with E-state index in [0.29, 0.717) is 23.6 Å². The molecule has 3 aromatic carbocycles. The van der Waals surface area contributed by atoms with Gasteiger partial charge in [0.15, 0.2) is 0 Å². The molecule has 5 aromatic rings. The number of fused-ring (bicyclic) bond motifs is 1. The number of anilines is 1. The largest absolute Gasteiger partial charge is 0.315 e. The van der Waals surface area contributed by atoms with E-state index in [2.05, 4.69) is 44.9 Å². The molecule has 1 N–H and O–H groups in total. The van der Waals surface area contributed by atoms with Gasteiger partial charge < -0.3 is 5.32 Å². The van der Waals surface area contributed by atoms with Crippen molar-refractivity contribution in [3.8, 4) is 11.3 Å². The number of carbonyl (C=O) groups is 1. The number of hydrogen-bond acceptors (Lipinski definition) is 5. The fourth-order valence-corrected chi connectivity index (χ4v) is 5.29. The van der Waals surface area contributed by atoms with Gasteiger partial charge in [-0.05, 0) is 60.5 Å².